The van der Waals surface area contributed by atoms with E-state index in [1.54, 1.807) is 7.11 Å². The zero-order chi connectivity index (χ0) is 12.1. The minimum Gasteiger partial charge on any atom is -0.383 e. The van der Waals surface area contributed by atoms with Crippen molar-refractivity contribution in [1.82, 2.24) is 9.88 Å². The van der Waals surface area contributed by atoms with E-state index >= 15 is 0 Å². The van der Waals surface area contributed by atoms with Gasteiger partial charge in [0.2, 0.25) is 0 Å². The zero-order valence-electron chi connectivity index (χ0n) is 10.4. The quantitative estimate of drug-likeness (QED) is 0.788. The van der Waals surface area contributed by atoms with Crippen molar-refractivity contribution in [1.29, 1.82) is 0 Å². The van der Waals surface area contributed by atoms with Crippen LogP contribution in [0.25, 0.3) is 10.9 Å². The van der Waals surface area contributed by atoms with Crippen molar-refractivity contribution in [3.05, 3.63) is 42.1 Å². The molecule has 1 aromatic carbocycles. The summed E-state index contributed by atoms with van der Waals surface area (Å²) in [6.07, 6.45) is 1.85. The summed E-state index contributed by atoms with van der Waals surface area (Å²) in [5.74, 6) is 0. The van der Waals surface area contributed by atoms with Gasteiger partial charge < -0.3 is 4.74 Å². The normalized spacial score (nSPS) is 11.2. The van der Waals surface area contributed by atoms with Crippen molar-refractivity contribution in [3.8, 4) is 0 Å². The Bertz CT molecular complexity index is 479. The molecule has 0 radical (unpaired) electrons. The van der Waals surface area contributed by atoms with Crippen LogP contribution in [0.2, 0.25) is 0 Å². The number of benzene rings is 1. The van der Waals surface area contributed by atoms with E-state index in [1.165, 1.54) is 10.9 Å². The van der Waals surface area contributed by atoms with Gasteiger partial charge in [0.1, 0.15) is 0 Å². The van der Waals surface area contributed by atoms with Crippen LogP contribution in [0.3, 0.4) is 0 Å². The summed E-state index contributed by atoms with van der Waals surface area (Å²) in [6.45, 7) is 2.59. The number of methoxy groups -OCH3 is 1. The van der Waals surface area contributed by atoms with E-state index in [2.05, 4.69) is 41.2 Å². The summed E-state index contributed by atoms with van der Waals surface area (Å²) < 4.78 is 5.08. The average molecular weight is 230 g/mol. The maximum Gasteiger partial charge on any atom is 0.0746 e. The van der Waals surface area contributed by atoms with Gasteiger partial charge in [0.15, 0.2) is 0 Å². The highest BCUT2D eigenvalue weighted by molar-refractivity contribution is 5.81. The third-order valence-electron chi connectivity index (χ3n) is 2.83. The highest BCUT2D eigenvalue weighted by atomic mass is 16.5. The van der Waals surface area contributed by atoms with Gasteiger partial charge >= 0.3 is 0 Å². The molecule has 1 heterocycles. The van der Waals surface area contributed by atoms with E-state index < -0.39 is 0 Å². The number of rotatable bonds is 5. The number of pyridine rings is 1. The SMILES string of the molecule is COCCN(C)Cc1cccc2cccnc12. The summed E-state index contributed by atoms with van der Waals surface area (Å²) in [7, 11) is 3.83. The topological polar surface area (TPSA) is 25.4 Å². The summed E-state index contributed by atoms with van der Waals surface area (Å²) in [6, 6.07) is 10.4. The molecule has 0 atom stereocenters. The van der Waals surface area contributed by atoms with Crippen LogP contribution in [-0.2, 0) is 11.3 Å². The predicted molar refractivity (Wildman–Crippen MR) is 70.0 cm³/mol. The molecule has 2 rings (SSSR count). The van der Waals surface area contributed by atoms with Crippen molar-refractivity contribution in [2.45, 2.75) is 6.54 Å². The van der Waals surface area contributed by atoms with Crippen LogP contribution < -0.4 is 0 Å². The number of hydrogen-bond acceptors (Lipinski definition) is 3. The third-order valence-corrected chi connectivity index (χ3v) is 2.83. The van der Waals surface area contributed by atoms with Gasteiger partial charge in [0, 0.05) is 31.8 Å². The average Bonchev–Trinajstić information content (AvgIpc) is 2.37. The number of nitrogens with zero attached hydrogens (tertiary/aromatic N) is 2. The fraction of sp³-hybridized carbons (Fsp3) is 0.357. The van der Waals surface area contributed by atoms with Gasteiger partial charge in [-0.2, -0.15) is 0 Å². The van der Waals surface area contributed by atoms with Gasteiger partial charge in [-0.05, 0) is 18.7 Å². The number of aromatic nitrogens is 1. The largest absolute Gasteiger partial charge is 0.383 e. The maximum atomic E-state index is 5.08. The lowest BCUT2D eigenvalue weighted by molar-refractivity contribution is 0.159. The Morgan fingerprint density at radius 1 is 1.24 bits per heavy atom. The monoisotopic (exact) mass is 230 g/mol. The molecule has 0 fully saturated rings. The fourth-order valence-corrected chi connectivity index (χ4v) is 1.91. The van der Waals surface area contributed by atoms with Crippen molar-refractivity contribution in [3.63, 3.8) is 0 Å². The minimum absolute atomic E-state index is 0.759. The molecule has 3 nitrogen and oxygen atoms in total. The molecule has 0 spiro atoms. The Labute approximate surface area is 102 Å². The number of ether oxygens (including phenoxy) is 1. The van der Waals surface area contributed by atoms with Crippen LogP contribution >= 0.6 is 0 Å². The zero-order valence-corrected chi connectivity index (χ0v) is 10.4. The highest BCUT2D eigenvalue weighted by Gasteiger charge is 2.04. The molecule has 0 saturated carbocycles. The molecule has 3 heteroatoms. The van der Waals surface area contributed by atoms with Gasteiger partial charge in [-0.3, -0.25) is 9.88 Å². The van der Waals surface area contributed by atoms with E-state index in [0.29, 0.717) is 0 Å². The van der Waals surface area contributed by atoms with Gasteiger partial charge in [-0.25, -0.2) is 0 Å². The molecule has 1 aromatic heterocycles. The molecule has 0 amide bonds. The number of para-hydroxylation sites is 1. The predicted octanol–water partition coefficient (Wildman–Crippen LogP) is 2.31. The number of likely N-dealkylation sites (N-methyl/N-ethyl adjacent to an activating group) is 1. The van der Waals surface area contributed by atoms with Crippen molar-refractivity contribution in [2.24, 2.45) is 0 Å². The Morgan fingerprint density at radius 2 is 2.06 bits per heavy atom. The van der Waals surface area contributed by atoms with Gasteiger partial charge in [0.25, 0.3) is 0 Å². The first-order valence-electron chi connectivity index (χ1n) is 5.81. The Kier molecular flexibility index (Phi) is 4.07. The van der Waals surface area contributed by atoms with Crippen molar-refractivity contribution in [2.75, 3.05) is 27.3 Å². The van der Waals surface area contributed by atoms with E-state index in [4.69, 9.17) is 4.74 Å². The third kappa shape index (κ3) is 3.02. The molecule has 0 aliphatic heterocycles. The lowest BCUT2D eigenvalue weighted by atomic mass is 10.1. The highest BCUT2D eigenvalue weighted by Crippen LogP contribution is 2.16. The molecule has 0 aliphatic carbocycles. The second kappa shape index (κ2) is 5.75. The fourth-order valence-electron chi connectivity index (χ4n) is 1.91. The molecule has 90 valence electrons. The second-order valence-corrected chi connectivity index (χ2v) is 4.22. The number of fused-ring (bicyclic) bond motifs is 1. The smallest absolute Gasteiger partial charge is 0.0746 e. The molecule has 0 aliphatic rings. The van der Waals surface area contributed by atoms with Crippen LogP contribution in [-0.4, -0.2) is 37.2 Å². The van der Waals surface area contributed by atoms with E-state index in [-0.39, 0.29) is 0 Å². The Hall–Kier alpha value is -1.45. The van der Waals surface area contributed by atoms with Gasteiger partial charge in [0.05, 0.1) is 12.1 Å². The Balaban J connectivity index is 2.18. The van der Waals surface area contributed by atoms with Crippen molar-refractivity contribution >= 4 is 10.9 Å². The van der Waals surface area contributed by atoms with E-state index in [1.807, 2.05) is 12.3 Å². The summed E-state index contributed by atoms with van der Waals surface area (Å²) in [4.78, 5) is 6.70. The van der Waals surface area contributed by atoms with Gasteiger partial charge in [-0.15, -0.1) is 0 Å². The first-order valence-corrected chi connectivity index (χ1v) is 5.81. The van der Waals surface area contributed by atoms with E-state index in [9.17, 15) is 0 Å². The van der Waals surface area contributed by atoms with Gasteiger partial charge in [-0.1, -0.05) is 24.3 Å². The second-order valence-electron chi connectivity index (χ2n) is 4.22. The lowest BCUT2D eigenvalue weighted by Gasteiger charge is -2.16. The Morgan fingerprint density at radius 3 is 2.88 bits per heavy atom. The molecular weight excluding hydrogens is 212 g/mol. The standard InChI is InChI=1S/C14H18N2O/c1-16(9-10-17-2)11-13-6-3-5-12-7-4-8-15-14(12)13/h3-8H,9-11H2,1-2H3. The minimum atomic E-state index is 0.759. The first kappa shape index (κ1) is 12.0. The molecular formula is C14H18N2O. The molecule has 0 unspecified atom stereocenters. The first-order chi connectivity index (χ1) is 8.31. The van der Waals surface area contributed by atoms with Crippen LogP contribution in [0.15, 0.2) is 36.5 Å². The van der Waals surface area contributed by atoms with Crippen LogP contribution in [0.5, 0.6) is 0 Å². The molecule has 2 aromatic rings. The summed E-state index contributed by atoms with van der Waals surface area (Å²) in [5, 5.41) is 1.20. The molecule has 0 saturated heterocycles. The molecule has 17 heavy (non-hydrogen) atoms. The lowest BCUT2D eigenvalue weighted by Crippen LogP contribution is -2.22. The summed E-state index contributed by atoms with van der Waals surface area (Å²) >= 11 is 0. The van der Waals surface area contributed by atoms with Crippen LogP contribution in [0.4, 0.5) is 0 Å². The maximum absolute atomic E-state index is 5.08. The van der Waals surface area contributed by atoms with Crippen LogP contribution in [0, 0.1) is 0 Å². The van der Waals surface area contributed by atoms with Crippen LogP contribution in [0.1, 0.15) is 5.56 Å². The van der Waals surface area contributed by atoms with Crippen molar-refractivity contribution < 1.29 is 4.74 Å². The molecule has 0 N–H and O–H groups in total. The summed E-state index contributed by atoms with van der Waals surface area (Å²) in [5.41, 5.74) is 2.36. The molecule has 0 bridgehead atoms. The number of hydrogen-bond donors (Lipinski definition) is 0. The van der Waals surface area contributed by atoms with E-state index in [0.717, 1.165) is 25.2 Å².